The summed E-state index contributed by atoms with van der Waals surface area (Å²) < 4.78 is 39.6. The van der Waals surface area contributed by atoms with Gasteiger partial charge < -0.3 is 40.2 Å². The van der Waals surface area contributed by atoms with Crippen LogP contribution in [0.2, 0.25) is 0 Å². The van der Waals surface area contributed by atoms with E-state index in [1.165, 1.54) is 30.2 Å². The summed E-state index contributed by atoms with van der Waals surface area (Å²) in [5, 5.41) is 20.5. The molecule has 7 N–H and O–H groups in total. The highest BCUT2D eigenvalue weighted by molar-refractivity contribution is 7.53. The average Bonchev–Trinajstić information content (AvgIpc) is 3.67. The van der Waals surface area contributed by atoms with Gasteiger partial charge >= 0.3 is 7.60 Å². The molecule has 1 unspecified atom stereocenters. The Morgan fingerprint density at radius 1 is 1.07 bits per heavy atom. The quantitative estimate of drug-likeness (QED) is 0.162. The highest BCUT2D eigenvalue weighted by Crippen LogP contribution is 2.49. The predicted molar refractivity (Wildman–Crippen MR) is 137 cm³/mol. The van der Waals surface area contributed by atoms with Crippen LogP contribution in [-0.4, -0.2) is 93.5 Å². The van der Waals surface area contributed by atoms with E-state index in [0.29, 0.717) is 11.2 Å². The molecule has 2 fully saturated rings. The molecule has 4 aromatic heterocycles. The zero-order chi connectivity index (χ0) is 28.2. The highest BCUT2D eigenvalue weighted by Gasteiger charge is 2.42. The number of aliphatic hydroxyl groups is 2. The molecular formula is C21H27N10O8P. The molecular weight excluding hydrogens is 551 g/mol. The zero-order valence-electron chi connectivity index (χ0n) is 21.1. The maximum absolute atomic E-state index is 13.3. The van der Waals surface area contributed by atoms with Crippen LogP contribution in [0.25, 0.3) is 22.3 Å². The molecule has 0 amide bonds. The van der Waals surface area contributed by atoms with Gasteiger partial charge in [0.15, 0.2) is 22.6 Å². The van der Waals surface area contributed by atoms with Gasteiger partial charge in [0, 0.05) is 19.5 Å². The van der Waals surface area contributed by atoms with E-state index in [1.54, 1.807) is 4.57 Å². The van der Waals surface area contributed by atoms with E-state index in [2.05, 4.69) is 29.9 Å². The van der Waals surface area contributed by atoms with Crippen LogP contribution < -0.4 is 17.0 Å². The first-order chi connectivity index (χ1) is 19.1. The van der Waals surface area contributed by atoms with E-state index in [4.69, 9.17) is 30.0 Å². The average molecular weight is 578 g/mol. The monoisotopic (exact) mass is 578 g/mol. The van der Waals surface area contributed by atoms with Crippen LogP contribution in [0.5, 0.6) is 0 Å². The first-order valence-electron chi connectivity index (χ1n) is 12.3. The van der Waals surface area contributed by atoms with Crippen LogP contribution >= 0.6 is 7.60 Å². The zero-order valence-corrected chi connectivity index (χ0v) is 22.0. The smallest absolute Gasteiger partial charge is 0.328 e. The number of nitrogens with two attached hydrogens (primary N) is 2. The van der Waals surface area contributed by atoms with Crippen molar-refractivity contribution in [3.05, 3.63) is 29.3 Å². The summed E-state index contributed by atoms with van der Waals surface area (Å²) in [6.45, 7) is 0.644. The van der Waals surface area contributed by atoms with Crippen molar-refractivity contribution >= 4 is 41.7 Å². The Kier molecular flexibility index (Phi) is 6.78. The van der Waals surface area contributed by atoms with Crippen molar-refractivity contribution in [2.45, 2.75) is 49.7 Å². The molecule has 19 heteroatoms. The fourth-order valence-corrected chi connectivity index (χ4v) is 6.09. The standard InChI is InChI=1S/C21H27N10O8P/c1-40(35,39-10-3-14(37-11(10)4-32)30-7-26-15-17(22)24-6-25-18(15)30)36-5-12-9(33)2-13(38-12)31-8-27-16-19(31)28-21(23)29-20(16)34/h6-14,32-33H,2-5H2,1H3,(H2,22,24,25)(H3,23,28,29,34)/t9-,10-,11-,12-,13-,14-,40?/m1/s1. The summed E-state index contributed by atoms with van der Waals surface area (Å²) in [4.78, 5) is 34.9. The van der Waals surface area contributed by atoms with Crippen molar-refractivity contribution in [3.8, 4) is 0 Å². The number of hydrogen-bond donors (Lipinski definition) is 5. The molecule has 0 aromatic carbocycles. The van der Waals surface area contributed by atoms with Crippen molar-refractivity contribution in [2.24, 2.45) is 0 Å². The first kappa shape index (κ1) is 26.7. The maximum Gasteiger partial charge on any atom is 0.328 e. The summed E-state index contributed by atoms with van der Waals surface area (Å²) in [7, 11) is -3.71. The van der Waals surface area contributed by atoms with Crippen molar-refractivity contribution in [1.82, 2.24) is 39.0 Å². The fraction of sp³-hybridized carbons (Fsp3) is 0.524. The number of H-pyrrole nitrogens is 1. The molecule has 4 aromatic rings. The Labute approximate surface area is 224 Å². The number of fused-ring (bicyclic) bond motifs is 2. The lowest BCUT2D eigenvalue weighted by Crippen LogP contribution is -2.29. The third-order valence-electron chi connectivity index (χ3n) is 6.82. The van der Waals surface area contributed by atoms with E-state index < -0.39 is 56.6 Å². The molecule has 18 nitrogen and oxygen atoms in total. The van der Waals surface area contributed by atoms with Crippen LogP contribution in [-0.2, 0) is 23.1 Å². The van der Waals surface area contributed by atoms with Gasteiger partial charge in [0.1, 0.15) is 36.5 Å². The van der Waals surface area contributed by atoms with E-state index in [0.717, 1.165) is 0 Å². The number of hydrogen-bond acceptors (Lipinski definition) is 15. The number of nitrogen functional groups attached to an aromatic ring is 2. The number of nitrogens with one attached hydrogen (secondary N) is 1. The second-order valence-corrected chi connectivity index (χ2v) is 11.6. The summed E-state index contributed by atoms with van der Waals surface area (Å²) >= 11 is 0. The van der Waals surface area contributed by atoms with Crippen LogP contribution in [0, 0.1) is 0 Å². The molecule has 40 heavy (non-hydrogen) atoms. The largest absolute Gasteiger partial charge is 0.394 e. The van der Waals surface area contributed by atoms with Crippen LogP contribution in [0.15, 0.2) is 23.8 Å². The predicted octanol–water partition coefficient (Wildman–Crippen LogP) is -0.723. The molecule has 6 heterocycles. The van der Waals surface area contributed by atoms with Crippen molar-refractivity contribution < 1.29 is 33.3 Å². The van der Waals surface area contributed by atoms with E-state index in [1.807, 2.05) is 0 Å². The van der Waals surface area contributed by atoms with Gasteiger partial charge in [-0.05, 0) is 0 Å². The molecule has 0 bridgehead atoms. The lowest BCUT2D eigenvalue weighted by molar-refractivity contribution is -0.0496. The Morgan fingerprint density at radius 3 is 2.55 bits per heavy atom. The molecule has 2 aliphatic rings. The Balaban J connectivity index is 1.10. The number of aliphatic hydroxyl groups excluding tert-OH is 2. The molecule has 0 radical (unpaired) electrons. The van der Waals surface area contributed by atoms with Crippen LogP contribution in [0.3, 0.4) is 0 Å². The van der Waals surface area contributed by atoms with Gasteiger partial charge in [-0.3, -0.25) is 23.5 Å². The molecule has 0 spiro atoms. The van der Waals surface area contributed by atoms with Gasteiger partial charge in [-0.25, -0.2) is 19.9 Å². The van der Waals surface area contributed by atoms with Crippen molar-refractivity contribution in [1.29, 1.82) is 0 Å². The normalized spacial score (nSPS) is 28.5. The second-order valence-electron chi connectivity index (χ2n) is 9.55. The first-order valence-corrected chi connectivity index (χ1v) is 14.3. The van der Waals surface area contributed by atoms with Crippen molar-refractivity contribution in [2.75, 3.05) is 31.3 Å². The summed E-state index contributed by atoms with van der Waals surface area (Å²) in [6.07, 6.45) is -0.222. The number of imidazole rings is 2. The molecule has 2 aliphatic heterocycles. The third-order valence-corrected chi connectivity index (χ3v) is 8.09. The van der Waals surface area contributed by atoms with E-state index in [9.17, 15) is 19.6 Å². The SMILES string of the molecule is CP(=O)(OC[C@H]1O[C@@H](n2cnc3c(=O)[nH]c(N)nc32)C[C@H]1O)O[C@@H]1C[C@H](n2cnc3c(N)ncnc32)O[C@@H]1CO. The minimum Gasteiger partial charge on any atom is -0.394 e. The maximum atomic E-state index is 13.3. The summed E-state index contributed by atoms with van der Waals surface area (Å²) in [5.74, 6) is 0.133. The topological polar surface area (TPSA) is 254 Å². The van der Waals surface area contributed by atoms with Gasteiger partial charge in [-0.15, -0.1) is 0 Å². The summed E-state index contributed by atoms with van der Waals surface area (Å²) in [5.41, 5.74) is 12.1. The second kappa shape index (κ2) is 10.2. The Morgan fingerprint density at radius 2 is 1.77 bits per heavy atom. The molecule has 214 valence electrons. The molecule has 7 atom stereocenters. The van der Waals surface area contributed by atoms with Gasteiger partial charge in [0.25, 0.3) is 5.56 Å². The van der Waals surface area contributed by atoms with Crippen LogP contribution in [0.1, 0.15) is 25.3 Å². The minimum absolute atomic E-state index is 0.0774. The van der Waals surface area contributed by atoms with Gasteiger partial charge in [-0.1, -0.05) is 0 Å². The third kappa shape index (κ3) is 4.83. The molecule has 2 saturated heterocycles. The van der Waals surface area contributed by atoms with Gasteiger partial charge in [0.05, 0.1) is 38.1 Å². The lowest BCUT2D eigenvalue weighted by atomic mass is 10.2. The van der Waals surface area contributed by atoms with E-state index in [-0.39, 0.29) is 42.4 Å². The Bertz CT molecular complexity index is 1660. The van der Waals surface area contributed by atoms with Gasteiger partial charge in [0.2, 0.25) is 5.95 Å². The van der Waals surface area contributed by atoms with Crippen molar-refractivity contribution in [3.63, 3.8) is 0 Å². The number of aromatic amines is 1. The lowest BCUT2D eigenvalue weighted by Gasteiger charge is -2.23. The minimum atomic E-state index is -3.71. The number of nitrogens with zero attached hydrogens (tertiary/aromatic N) is 7. The molecule has 6 rings (SSSR count). The fourth-order valence-electron chi connectivity index (χ4n) is 4.90. The van der Waals surface area contributed by atoms with E-state index >= 15 is 0 Å². The summed E-state index contributed by atoms with van der Waals surface area (Å²) in [6, 6.07) is 0. The number of rotatable bonds is 8. The van der Waals surface area contributed by atoms with Crippen LogP contribution in [0.4, 0.5) is 11.8 Å². The number of ether oxygens (including phenoxy) is 2. The molecule has 0 saturated carbocycles. The number of anilines is 2. The van der Waals surface area contributed by atoms with Gasteiger partial charge in [-0.2, -0.15) is 4.98 Å². The highest BCUT2D eigenvalue weighted by atomic mass is 31.2. The number of aromatic nitrogens is 8. The molecule has 0 aliphatic carbocycles. The Hall–Kier alpha value is -3.51.